The number of carbonyl (C=O) groups is 1. The molecule has 0 spiro atoms. The molecule has 0 saturated heterocycles. The second-order valence-corrected chi connectivity index (χ2v) is 6.23. The van der Waals surface area contributed by atoms with Crippen molar-refractivity contribution in [3.63, 3.8) is 0 Å². The molecule has 1 aromatic rings. The summed E-state index contributed by atoms with van der Waals surface area (Å²) in [5, 5.41) is 0. The van der Waals surface area contributed by atoms with Crippen molar-refractivity contribution in [1.82, 2.24) is 0 Å². The molecule has 0 amide bonds. The van der Waals surface area contributed by atoms with E-state index in [0.717, 1.165) is 21.3 Å². The molecule has 0 N–H and O–H groups in total. The van der Waals surface area contributed by atoms with Crippen LogP contribution in [0.5, 0.6) is 5.75 Å². The zero-order valence-corrected chi connectivity index (χ0v) is 13.4. The topological polar surface area (TPSA) is 35.5 Å². The highest BCUT2D eigenvalue weighted by Gasteiger charge is 2.17. The summed E-state index contributed by atoms with van der Waals surface area (Å²) in [5.41, 5.74) is 0.630. The van der Waals surface area contributed by atoms with E-state index in [1.165, 1.54) is 0 Å². The molecule has 0 heterocycles. The van der Waals surface area contributed by atoms with Crippen LogP contribution >= 0.6 is 22.6 Å². The average molecular weight is 362 g/mol. The fourth-order valence-electron chi connectivity index (χ4n) is 1.47. The van der Waals surface area contributed by atoms with Crippen LogP contribution in [0.1, 0.15) is 33.3 Å². The molecule has 0 saturated carbocycles. The first-order chi connectivity index (χ1) is 8.31. The molecule has 0 aliphatic rings. The zero-order valence-electron chi connectivity index (χ0n) is 11.2. The van der Waals surface area contributed by atoms with Gasteiger partial charge in [0, 0.05) is 3.57 Å². The van der Waals surface area contributed by atoms with Gasteiger partial charge in [0.15, 0.2) is 6.61 Å². The molecule has 3 nitrogen and oxygen atoms in total. The molecule has 0 bridgehead atoms. The summed E-state index contributed by atoms with van der Waals surface area (Å²) < 4.78 is 11.9. The van der Waals surface area contributed by atoms with E-state index in [0.29, 0.717) is 0 Å². The summed E-state index contributed by atoms with van der Waals surface area (Å²) in [6, 6.07) is 5.92. The van der Waals surface area contributed by atoms with Crippen LogP contribution < -0.4 is 4.74 Å². The average Bonchev–Trinajstić information content (AvgIpc) is 2.24. The second kappa shape index (κ2) is 6.41. The molecule has 18 heavy (non-hydrogen) atoms. The number of rotatable bonds is 4. The van der Waals surface area contributed by atoms with E-state index in [-0.39, 0.29) is 12.6 Å². The fourth-order valence-corrected chi connectivity index (χ4v) is 2.03. The summed E-state index contributed by atoms with van der Waals surface area (Å²) in [6.07, 6.45) is 0.875. The first-order valence-electron chi connectivity index (χ1n) is 5.95. The van der Waals surface area contributed by atoms with Crippen molar-refractivity contribution in [2.75, 3.05) is 6.61 Å². The molecule has 0 aromatic heterocycles. The highest BCUT2D eigenvalue weighted by molar-refractivity contribution is 14.1. The molecule has 0 aliphatic heterocycles. The normalized spacial score (nSPS) is 11.2. The third-order valence-corrected chi connectivity index (χ3v) is 2.84. The zero-order chi connectivity index (χ0) is 13.8. The Hall–Kier alpha value is -0.780. The van der Waals surface area contributed by atoms with E-state index in [4.69, 9.17) is 9.47 Å². The summed E-state index contributed by atoms with van der Waals surface area (Å²) in [5.74, 6) is 0.409. The Labute approximate surface area is 122 Å². The number of benzene rings is 1. The lowest BCUT2D eigenvalue weighted by Crippen LogP contribution is -2.27. The molecule has 1 aromatic carbocycles. The number of esters is 1. The van der Waals surface area contributed by atoms with Crippen molar-refractivity contribution in [1.29, 1.82) is 0 Å². The van der Waals surface area contributed by atoms with Gasteiger partial charge >= 0.3 is 5.97 Å². The van der Waals surface area contributed by atoms with Crippen molar-refractivity contribution >= 4 is 28.6 Å². The van der Waals surface area contributed by atoms with Crippen molar-refractivity contribution < 1.29 is 14.3 Å². The summed E-state index contributed by atoms with van der Waals surface area (Å²) in [4.78, 5) is 11.5. The monoisotopic (exact) mass is 362 g/mol. The summed E-state index contributed by atoms with van der Waals surface area (Å²) >= 11 is 2.26. The van der Waals surface area contributed by atoms with E-state index in [1.54, 1.807) is 0 Å². The van der Waals surface area contributed by atoms with Crippen LogP contribution in [0.25, 0.3) is 0 Å². The fraction of sp³-hybridized carbons (Fsp3) is 0.500. The predicted octanol–water partition coefficient (Wildman–Crippen LogP) is 3.57. The predicted molar refractivity (Wildman–Crippen MR) is 79.9 cm³/mol. The van der Waals surface area contributed by atoms with Gasteiger partial charge in [0.05, 0.1) is 0 Å². The molecular weight excluding hydrogens is 343 g/mol. The number of hydrogen-bond donors (Lipinski definition) is 0. The lowest BCUT2D eigenvalue weighted by molar-refractivity contribution is -0.157. The Morgan fingerprint density at radius 1 is 1.33 bits per heavy atom. The van der Waals surface area contributed by atoms with Crippen LogP contribution in [0.4, 0.5) is 0 Å². The Morgan fingerprint density at radius 2 is 2.00 bits per heavy atom. The number of ether oxygens (including phenoxy) is 2. The van der Waals surface area contributed by atoms with E-state index in [9.17, 15) is 4.79 Å². The molecule has 1 rings (SSSR count). The van der Waals surface area contributed by atoms with E-state index >= 15 is 0 Å². The third kappa shape index (κ3) is 5.25. The van der Waals surface area contributed by atoms with Gasteiger partial charge in [0.1, 0.15) is 11.4 Å². The SMILES string of the molecule is CCc1cc(I)ccc1OCC(=O)OC(C)(C)C. The van der Waals surface area contributed by atoms with Crippen LogP contribution in [0, 0.1) is 3.57 Å². The van der Waals surface area contributed by atoms with Gasteiger partial charge in [-0.25, -0.2) is 4.79 Å². The largest absolute Gasteiger partial charge is 0.482 e. The second-order valence-electron chi connectivity index (χ2n) is 4.98. The van der Waals surface area contributed by atoms with Gasteiger partial charge in [0.2, 0.25) is 0 Å². The maximum atomic E-state index is 11.5. The van der Waals surface area contributed by atoms with E-state index in [2.05, 4.69) is 35.6 Å². The number of aryl methyl sites for hydroxylation is 1. The first kappa shape index (κ1) is 15.3. The molecular formula is C14H19IO3. The smallest absolute Gasteiger partial charge is 0.344 e. The van der Waals surface area contributed by atoms with Crippen LogP contribution in [-0.4, -0.2) is 18.2 Å². The Bertz CT molecular complexity index is 422. The van der Waals surface area contributed by atoms with Gasteiger partial charge in [-0.3, -0.25) is 0 Å². The van der Waals surface area contributed by atoms with E-state index in [1.807, 2.05) is 32.9 Å². The minimum absolute atomic E-state index is 0.0507. The Kier molecular flexibility index (Phi) is 5.44. The van der Waals surface area contributed by atoms with Gasteiger partial charge in [0.25, 0.3) is 0 Å². The maximum absolute atomic E-state index is 11.5. The minimum Gasteiger partial charge on any atom is -0.482 e. The molecule has 0 fully saturated rings. The van der Waals surface area contributed by atoms with Gasteiger partial charge in [-0.1, -0.05) is 6.92 Å². The Balaban J connectivity index is 2.61. The molecule has 4 heteroatoms. The van der Waals surface area contributed by atoms with Gasteiger partial charge < -0.3 is 9.47 Å². The quantitative estimate of drug-likeness (QED) is 0.607. The Morgan fingerprint density at radius 3 is 2.56 bits per heavy atom. The standard InChI is InChI=1S/C14H19IO3/c1-5-10-8-11(15)6-7-12(10)17-9-13(16)18-14(2,3)4/h6-8H,5,9H2,1-4H3. The molecule has 0 unspecified atom stereocenters. The number of hydrogen-bond acceptors (Lipinski definition) is 3. The van der Waals surface area contributed by atoms with Crippen molar-refractivity contribution in [3.05, 3.63) is 27.3 Å². The van der Waals surface area contributed by atoms with E-state index < -0.39 is 5.60 Å². The molecule has 100 valence electrons. The van der Waals surface area contributed by atoms with Crippen LogP contribution in [0.15, 0.2) is 18.2 Å². The van der Waals surface area contributed by atoms with Crippen molar-refractivity contribution in [3.8, 4) is 5.75 Å². The highest BCUT2D eigenvalue weighted by atomic mass is 127. The number of carbonyl (C=O) groups excluding carboxylic acids is 1. The molecule has 0 aliphatic carbocycles. The first-order valence-corrected chi connectivity index (χ1v) is 7.03. The van der Waals surface area contributed by atoms with Gasteiger partial charge in [-0.05, 0) is 73.5 Å². The van der Waals surface area contributed by atoms with Crippen LogP contribution in [-0.2, 0) is 16.0 Å². The molecule has 0 radical (unpaired) electrons. The van der Waals surface area contributed by atoms with Crippen molar-refractivity contribution in [2.45, 2.75) is 39.7 Å². The lowest BCUT2D eigenvalue weighted by Gasteiger charge is -2.19. The molecule has 0 atom stereocenters. The van der Waals surface area contributed by atoms with Gasteiger partial charge in [-0.15, -0.1) is 0 Å². The minimum atomic E-state index is -0.472. The lowest BCUT2D eigenvalue weighted by atomic mass is 10.1. The third-order valence-electron chi connectivity index (χ3n) is 2.17. The van der Waals surface area contributed by atoms with Crippen molar-refractivity contribution in [2.24, 2.45) is 0 Å². The van der Waals surface area contributed by atoms with Crippen LogP contribution in [0.3, 0.4) is 0 Å². The summed E-state index contributed by atoms with van der Waals surface area (Å²) in [7, 11) is 0. The number of halogens is 1. The summed E-state index contributed by atoms with van der Waals surface area (Å²) in [6.45, 7) is 7.53. The maximum Gasteiger partial charge on any atom is 0.344 e. The van der Waals surface area contributed by atoms with Gasteiger partial charge in [-0.2, -0.15) is 0 Å². The highest BCUT2D eigenvalue weighted by Crippen LogP contribution is 2.22. The van der Waals surface area contributed by atoms with Crippen LogP contribution in [0.2, 0.25) is 0 Å².